The fourth-order valence-corrected chi connectivity index (χ4v) is 4.80. The molecule has 0 fully saturated rings. The largest absolute Gasteiger partial charge is 0.490 e. The van der Waals surface area contributed by atoms with Crippen LogP contribution >= 0.6 is 0 Å². The van der Waals surface area contributed by atoms with Crippen molar-refractivity contribution < 1.29 is 29.0 Å². The Morgan fingerprint density at radius 1 is 0.955 bits per heavy atom. The van der Waals surface area contributed by atoms with E-state index in [2.05, 4.69) is 20.9 Å². The van der Waals surface area contributed by atoms with Gasteiger partial charge in [-0.1, -0.05) is 18.2 Å². The van der Waals surface area contributed by atoms with Gasteiger partial charge in [0.15, 0.2) is 11.5 Å². The molecule has 1 aromatic heterocycles. The number of aromatic nitrogens is 1. The standard InChI is InChI=1S/C33H37N5O6/c1-5-43-29-17-23(9-12-28(29)44-19(2)3)31(37-25-10-11-26-21(15-25)13-14-35-32(26)34)33(42)38-27(18-30(40)41)22-7-6-8-24(16-22)36-20(4)39/h6-17,19,27,31,37H,5,18H2,1-4H3,(H2,34,35)(H,36,39)(H,38,42)(H,40,41)/t27-,31?/m1/s1. The lowest BCUT2D eigenvalue weighted by molar-refractivity contribution is -0.137. The zero-order valence-electron chi connectivity index (χ0n) is 25.1. The molecule has 0 aliphatic carbocycles. The highest BCUT2D eigenvalue weighted by atomic mass is 16.5. The summed E-state index contributed by atoms with van der Waals surface area (Å²) in [5.74, 6) is -0.441. The fraction of sp³-hybridized carbons (Fsp3) is 0.273. The monoisotopic (exact) mass is 599 g/mol. The van der Waals surface area contributed by atoms with Gasteiger partial charge in [0.05, 0.1) is 25.2 Å². The Hall–Kier alpha value is -5.32. The van der Waals surface area contributed by atoms with Gasteiger partial charge < -0.3 is 36.3 Å². The molecular formula is C33H37N5O6. The van der Waals surface area contributed by atoms with E-state index in [0.717, 1.165) is 10.8 Å². The summed E-state index contributed by atoms with van der Waals surface area (Å²) < 4.78 is 11.8. The summed E-state index contributed by atoms with van der Waals surface area (Å²) in [4.78, 5) is 41.7. The van der Waals surface area contributed by atoms with E-state index in [1.165, 1.54) is 6.92 Å². The van der Waals surface area contributed by atoms with Crippen LogP contribution in [0.5, 0.6) is 11.5 Å². The van der Waals surface area contributed by atoms with Gasteiger partial charge in [0, 0.05) is 29.9 Å². The van der Waals surface area contributed by atoms with Gasteiger partial charge >= 0.3 is 5.97 Å². The third-order valence-corrected chi connectivity index (χ3v) is 6.64. The van der Waals surface area contributed by atoms with E-state index in [0.29, 0.717) is 46.4 Å². The summed E-state index contributed by atoms with van der Waals surface area (Å²) in [5, 5.41) is 20.2. The third kappa shape index (κ3) is 8.15. The topological polar surface area (TPSA) is 165 Å². The fourth-order valence-electron chi connectivity index (χ4n) is 4.80. The number of aliphatic carboxylic acids is 1. The van der Waals surface area contributed by atoms with Crippen molar-refractivity contribution in [3.63, 3.8) is 0 Å². The number of carbonyl (C=O) groups excluding carboxylic acids is 2. The highest BCUT2D eigenvalue weighted by molar-refractivity contribution is 5.94. The second-order valence-electron chi connectivity index (χ2n) is 10.5. The van der Waals surface area contributed by atoms with Gasteiger partial charge in [-0.25, -0.2) is 4.98 Å². The lowest BCUT2D eigenvalue weighted by Gasteiger charge is -2.25. The number of nitrogen functional groups attached to an aromatic ring is 1. The zero-order valence-corrected chi connectivity index (χ0v) is 25.1. The first-order valence-corrected chi connectivity index (χ1v) is 14.3. The van der Waals surface area contributed by atoms with Gasteiger partial charge in [-0.05, 0) is 85.8 Å². The molecule has 0 spiro atoms. The number of carboxylic acids is 1. The van der Waals surface area contributed by atoms with Crippen LogP contribution in [-0.4, -0.2) is 40.6 Å². The van der Waals surface area contributed by atoms with Crippen LogP contribution in [0, 0.1) is 0 Å². The van der Waals surface area contributed by atoms with Crippen molar-refractivity contribution in [3.05, 3.63) is 84.1 Å². The van der Waals surface area contributed by atoms with Crippen LogP contribution in [-0.2, 0) is 14.4 Å². The SMILES string of the molecule is CCOc1cc(C(Nc2ccc3c(N)nccc3c2)C(=O)N[C@H](CC(=O)O)c2cccc(NC(C)=O)c2)ccc1OC(C)C. The van der Waals surface area contributed by atoms with Gasteiger partial charge in [0.25, 0.3) is 0 Å². The highest BCUT2D eigenvalue weighted by Gasteiger charge is 2.27. The molecule has 230 valence electrons. The van der Waals surface area contributed by atoms with Gasteiger partial charge in [0.2, 0.25) is 11.8 Å². The van der Waals surface area contributed by atoms with Gasteiger partial charge in [-0.15, -0.1) is 0 Å². The lowest BCUT2D eigenvalue weighted by Crippen LogP contribution is -2.37. The number of carboxylic acid groups (broad SMARTS) is 1. The smallest absolute Gasteiger partial charge is 0.305 e. The van der Waals surface area contributed by atoms with Crippen molar-refractivity contribution in [3.8, 4) is 11.5 Å². The van der Waals surface area contributed by atoms with E-state index in [1.54, 1.807) is 54.7 Å². The summed E-state index contributed by atoms with van der Waals surface area (Å²) in [5.41, 5.74) is 8.24. The maximum Gasteiger partial charge on any atom is 0.305 e. The second kappa shape index (κ2) is 14.2. The van der Waals surface area contributed by atoms with E-state index in [1.807, 2.05) is 39.0 Å². The molecule has 0 aliphatic rings. The molecule has 0 aliphatic heterocycles. The van der Waals surface area contributed by atoms with Crippen molar-refractivity contribution in [2.24, 2.45) is 0 Å². The molecule has 11 heteroatoms. The molecule has 3 aromatic carbocycles. The van der Waals surface area contributed by atoms with Crippen LogP contribution in [0.2, 0.25) is 0 Å². The zero-order chi connectivity index (χ0) is 31.8. The third-order valence-electron chi connectivity index (χ3n) is 6.64. The first kappa shape index (κ1) is 31.6. The van der Waals surface area contributed by atoms with Gasteiger partial charge in [0.1, 0.15) is 11.9 Å². The van der Waals surface area contributed by atoms with Crippen LogP contribution in [0.15, 0.2) is 72.9 Å². The number of amides is 2. The molecule has 0 saturated heterocycles. The molecule has 0 bridgehead atoms. The Labute approximate surface area is 255 Å². The maximum absolute atomic E-state index is 14.1. The van der Waals surface area contributed by atoms with E-state index < -0.39 is 24.0 Å². The number of nitrogens with zero attached hydrogens (tertiary/aromatic N) is 1. The first-order valence-electron chi connectivity index (χ1n) is 14.3. The number of nitrogens with two attached hydrogens (primary N) is 1. The van der Waals surface area contributed by atoms with Crippen molar-refractivity contribution in [1.82, 2.24) is 10.3 Å². The van der Waals surface area contributed by atoms with E-state index in [4.69, 9.17) is 15.2 Å². The summed E-state index contributed by atoms with van der Waals surface area (Å²) in [6, 6.07) is 17.4. The number of nitrogens with one attached hydrogen (secondary N) is 3. The number of anilines is 3. The molecule has 0 radical (unpaired) electrons. The molecule has 6 N–H and O–H groups in total. The lowest BCUT2D eigenvalue weighted by atomic mass is 10.00. The predicted octanol–water partition coefficient (Wildman–Crippen LogP) is 5.45. The quantitative estimate of drug-likeness (QED) is 0.134. The normalized spacial score (nSPS) is 12.3. The van der Waals surface area contributed by atoms with Gasteiger partial charge in [-0.3, -0.25) is 14.4 Å². The number of pyridine rings is 1. The first-order chi connectivity index (χ1) is 21.0. The van der Waals surface area contributed by atoms with Gasteiger partial charge in [-0.2, -0.15) is 0 Å². The minimum absolute atomic E-state index is 0.0955. The molecule has 4 aromatic rings. The number of benzene rings is 3. The highest BCUT2D eigenvalue weighted by Crippen LogP contribution is 2.34. The van der Waals surface area contributed by atoms with Crippen molar-refractivity contribution in [2.75, 3.05) is 23.0 Å². The number of ether oxygens (including phenoxy) is 2. The summed E-state index contributed by atoms with van der Waals surface area (Å²) in [6.45, 7) is 7.44. The van der Waals surface area contributed by atoms with Crippen LogP contribution in [0.25, 0.3) is 10.8 Å². The van der Waals surface area contributed by atoms with E-state index in [-0.39, 0.29) is 18.4 Å². The Balaban J connectivity index is 1.74. The number of hydrogen-bond acceptors (Lipinski definition) is 8. The maximum atomic E-state index is 14.1. The molecule has 4 rings (SSSR count). The number of carbonyl (C=O) groups is 3. The molecule has 1 unspecified atom stereocenters. The predicted molar refractivity (Wildman–Crippen MR) is 170 cm³/mol. The Morgan fingerprint density at radius 3 is 2.45 bits per heavy atom. The van der Waals surface area contributed by atoms with Crippen LogP contribution in [0.1, 0.15) is 57.3 Å². The Kier molecular flexibility index (Phi) is 10.2. The number of rotatable bonds is 13. The van der Waals surface area contributed by atoms with Crippen molar-refractivity contribution in [2.45, 2.75) is 52.3 Å². The average Bonchev–Trinajstić information content (AvgIpc) is 2.96. The van der Waals surface area contributed by atoms with E-state index >= 15 is 0 Å². The summed E-state index contributed by atoms with van der Waals surface area (Å²) in [6.07, 6.45) is 1.14. The molecule has 0 saturated carbocycles. The minimum Gasteiger partial charge on any atom is -0.490 e. The molecule has 2 atom stereocenters. The molecule has 44 heavy (non-hydrogen) atoms. The Morgan fingerprint density at radius 2 is 1.75 bits per heavy atom. The second-order valence-corrected chi connectivity index (χ2v) is 10.5. The average molecular weight is 600 g/mol. The molecule has 2 amide bonds. The minimum atomic E-state index is -1.10. The summed E-state index contributed by atoms with van der Waals surface area (Å²) in [7, 11) is 0. The molecule has 11 nitrogen and oxygen atoms in total. The van der Waals surface area contributed by atoms with Crippen molar-refractivity contribution >= 4 is 45.7 Å². The molecule has 1 heterocycles. The number of fused-ring (bicyclic) bond motifs is 1. The van der Waals surface area contributed by atoms with Crippen molar-refractivity contribution in [1.29, 1.82) is 0 Å². The number of hydrogen-bond donors (Lipinski definition) is 5. The summed E-state index contributed by atoms with van der Waals surface area (Å²) >= 11 is 0. The van der Waals surface area contributed by atoms with Crippen LogP contribution in [0.3, 0.4) is 0 Å². The Bertz CT molecular complexity index is 1660. The molecular weight excluding hydrogens is 562 g/mol. The van der Waals surface area contributed by atoms with Crippen LogP contribution < -0.4 is 31.2 Å². The van der Waals surface area contributed by atoms with Crippen LogP contribution in [0.4, 0.5) is 17.2 Å². The van der Waals surface area contributed by atoms with E-state index in [9.17, 15) is 19.5 Å².